The summed E-state index contributed by atoms with van der Waals surface area (Å²) in [5.41, 5.74) is 1.92. The summed E-state index contributed by atoms with van der Waals surface area (Å²) in [6.07, 6.45) is 1.74. The lowest BCUT2D eigenvalue weighted by atomic mass is 10.1. The summed E-state index contributed by atoms with van der Waals surface area (Å²) < 4.78 is 50.9. The maximum atomic E-state index is 12.1. The molecule has 0 aliphatic heterocycles. The predicted molar refractivity (Wildman–Crippen MR) is 108 cm³/mol. The molecule has 0 atom stereocenters. The molecular weight excluding hydrogens is 402 g/mol. The highest BCUT2D eigenvalue weighted by atomic mass is 32.2. The van der Waals surface area contributed by atoms with Gasteiger partial charge in [0.2, 0.25) is 26.0 Å². The summed E-state index contributed by atoms with van der Waals surface area (Å²) in [4.78, 5) is 12.3. The number of hydrogen-bond acceptors (Lipinski definition) is 5. The van der Waals surface area contributed by atoms with E-state index in [9.17, 15) is 21.6 Å². The minimum atomic E-state index is -3.48. The molecule has 2 aromatic rings. The summed E-state index contributed by atoms with van der Waals surface area (Å²) in [6, 6.07) is 13.1. The Balaban J connectivity index is 1.90. The van der Waals surface area contributed by atoms with E-state index < -0.39 is 20.0 Å². The number of benzene rings is 2. The number of nitrogens with one attached hydrogen (secondary N) is 3. The van der Waals surface area contributed by atoms with E-state index in [0.29, 0.717) is 17.7 Å². The van der Waals surface area contributed by atoms with E-state index >= 15 is 0 Å². The monoisotopic (exact) mass is 425 g/mol. The van der Waals surface area contributed by atoms with Crippen molar-refractivity contribution in [3.8, 4) is 0 Å². The molecule has 0 aliphatic carbocycles. The number of amides is 1. The molecule has 2 aromatic carbocycles. The number of rotatable bonds is 9. The molecule has 3 N–H and O–H groups in total. The molecule has 0 fully saturated rings. The average molecular weight is 426 g/mol. The summed E-state index contributed by atoms with van der Waals surface area (Å²) in [6.45, 7) is 0.191. The molecule has 0 radical (unpaired) electrons. The van der Waals surface area contributed by atoms with Crippen molar-refractivity contribution in [3.63, 3.8) is 0 Å². The van der Waals surface area contributed by atoms with Crippen LogP contribution in [-0.2, 0) is 37.8 Å². The maximum absolute atomic E-state index is 12.1. The van der Waals surface area contributed by atoms with Crippen LogP contribution in [0.5, 0.6) is 0 Å². The molecule has 10 heteroatoms. The van der Waals surface area contributed by atoms with Gasteiger partial charge in [-0.25, -0.2) is 21.6 Å². The van der Waals surface area contributed by atoms with Crippen LogP contribution in [0.1, 0.15) is 17.5 Å². The zero-order chi connectivity index (χ0) is 20.8. The highest BCUT2D eigenvalue weighted by molar-refractivity contribution is 7.92. The Morgan fingerprint density at radius 3 is 2.21 bits per heavy atom. The molecule has 0 saturated carbocycles. The smallest absolute Gasteiger partial charge is 0.240 e. The van der Waals surface area contributed by atoms with Gasteiger partial charge >= 0.3 is 0 Å². The minimum absolute atomic E-state index is 0.165. The number of carbonyl (C=O) groups is 1. The Morgan fingerprint density at radius 1 is 0.964 bits per heavy atom. The van der Waals surface area contributed by atoms with Crippen LogP contribution in [0.4, 0.5) is 5.69 Å². The Labute approximate surface area is 165 Å². The summed E-state index contributed by atoms with van der Waals surface area (Å²) in [5, 5.41) is 2.76. The second-order valence-electron chi connectivity index (χ2n) is 6.16. The molecule has 2 rings (SSSR count). The Bertz CT molecular complexity index is 1030. The van der Waals surface area contributed by atoms with Crippen molar-refractivity contribution >= 4 is 31.6 Å². The van der Waals surface area contributed by atoms with Crippen molar-refractivity contribution in [1.29, 1.82) is 0 Å². The lowest BCUT2D eigenvalue weighted by Gasteiger charge is -2.11. The first-order valence-corrected chi connectivity index (χ1v) is 11.8. The van der Waals surface area contributed by atoms with Crippen molar-refractivity contribution in [1.82, 2.24) is 10.0 Å². The quantitative estimate of drug-likeness (QED) is 0.558. The lowest BCUT2D eigenvalue weighted by molar-refractivity contribution is -0.121. The SMILES string of the molecule is CNS(=O)(=O)c1ccc(CCC(=O)NCc2ccccc2NS(C)(=O)=O)cc1. The van der Waals surface area contributed by atoms with Crippen LogP contribution < -0.4 is 14.8 Å². The molecule has 0 unspecified atom stereocenters. The van der Waals surface area contributed by atoms with Crippen LogP contribution in [0.25, 0.3) is 0 Å². The van der Waals surface area contributed by atoms with Gasteiger partial charge in [-0.05, 0) is 42.8 Å². The first-order chi connectivity index (χ1) is 13.1. The highest BCUT2D eigenvalue weighted by Gasteiger charge is 2.11. The molecular formula is C18H23N3O5S2. The standard InChI is InChI=1S/C18H23N3O5S2/c1-19-28(25,26)16-10-7-14(8-11-16)9-12-18(22)20-13-15-5-3-4-6-17(15)21-27(2,23)24/h3-8,10-11,19,21H,9,12-13H2,1-2H3,(H,20,22). The molecule has 0 aromatic heterocycles. The zero-order valence-corrected chi connectivity index (χ0v) is 17.2. The van der Waals surface area contributed by atoms with E-state index in [0.717, 1.165) is 11.8 Å². The minimum Gasteiger partial charge on any atom is -0.352 e. The van der Waals surface area contributed by atoms with Gasteiger partial charge in [-0.3, -0.25) is 9.52 Å². The number of aryl methyl sites for hydroxylation is 1. The van der Waals surface area contributed by atoms with E-state index in [1.54, 1.807) is 36.4 Å². The summed E-state index contributed by atoms with van der Waals surface area (Å²) in [7, 11) is -5.55. The van der Waals surface area contributed by atoms with Crippen LogP contribution in [0, 0.1) is 0 Å². The van der Waals surface area contributed by atoms with Crippen molar-refractivity contribution in [2.75, 3.05) is 18.0 Å². The van der Waals surface area contributed by atoms with Crippen LogP contribution >= 0.6 is 0 Å². The molecule has 0 bridgehead atoms. The second-order valence-corrected chi connectivity index (χ2v) is 9.79. The summed E-state index contributed by atoms with van der Waals surface area (Å²) >= 11 is 0. The van der Waals surface area contributed by atoms with E-state index in [-0.39, 0.29) is 23.8 Å². The molecule has 1 amide bonds. The molecule has 152 valence electrons. The van der Waals surface area contributed by atoms with Crippen molar-refractivity contribution in [2.24, 2.45) is 0 Å². The average Bonchev–Trinajstić information content (AvgIpc) is 2.65. The van der Waals surface area contributed by atoms with Gasteiger partial charge in [0.15, 0.2) is 0 Å². The van der Waals surface area contributed by atoms with E-state index in [1.807, 2.05) is 0 Å². The van der Waals surface area contributed by atoms with E-state index in [4.69, 9.17) is 0 Å². The highest BCUT2D eigenvalue weighted by Crippen LogP contribution is 2.16. The fourth-order valence-corrected chi connectivity index (χ4v) is 3.80. The van der Waals surface area contributed by atoms with Gasteiger partial charge in [0.25, 0.3) is 0 Å². The summed E-state index contributed by atoms with van der Waals surface area (Å²) in [5.74, 6) is -0.193. The maximum Gasteiger partial charge on any atom is 0.240 e. The first-order valence-electron chi connectivity index (χ1n) is 8.45. The van der Waals surface area contributed by atoms with E-state index in [1.165, 1.54) is 19.2 Å². The largest absolute Gasteiger partial charge is 0.352 e. The third-order valence-electron chi connectivity index (χ3n) is 3.93. The Kier molecular flexibility index (Phi) is 7.17. The van der Waals surface area contributed by atoms with Crippen molar-refractivity contribution in [2.45, 2.75) is 24.3 Å². The van der Waals surface area contributed by atoms with Gasteiger partial charge in [-0.15, -0.1) is 0 Å². The fraction of sp³-hybridized carbons (Fsp3) is 0.278. The molecule has 28 heavy (non-hydrogen) atoms. The van der Waals surface area contributed by atoms with Crippen molar-refractivity contribution < 1.29 is 21.6 Å². The number of carbonyl (C=O) groups excluding carboxylic acids is 1. The van der Waals surface area contributed by atoms with Crippen LogP contribution in [-0.4, -0.2) is 36.0 Å². The third kappa shape index (κ3) is 6.63. The first kappa shape index (κ1) is 21.9. The van der Waals surface area contributed by atoms with Gasteiger partial charge in [0.05, 0.1) is 16.8 Å². The van der Waals surface area contributed by atoms with Crippen LogP contribution in [0.3, 0.4) is 0 Å². The fourth-order valence-electron chi connectivity index (χ4n) is 2.47. The molecule has 0 aliphatic rings. The number of sulfonamides is 2. The van der Waals surface area contributed by atoms with Gasteiger partial charge in [-0.2, -0.15) is 0 Å². The van der Waals surface area contributed by atoms with Crippen LogP contribution in [0.15, 0.2) is 53.4 Å². The predicted octanol–water partition coefficient (Wildman–Crippen LogP) is 1.22. The second kappa shape index (κ2) is 9.18. The van der Waals surface area contributed by atoms with Gasteiger partial charge in [0.1, 0.15) is 0 Å². The molecule has 0 spiro atoms. The number of hydrogen-bond donors (Lipinski definition) is 3. The molecule has 8 nitrogen and oxygen atoms in total. The van der Waals surface area contributed by atoms with Crippen LogP contribution in [0.2, 0.25) is 0 Å². The molecule has 0 saturated heterocycles. The zero-order valence-electron chi connectivity index (χ0n) is 15.6. The number of anilines is 1. The lowest BCUT2D eigenvalue weighted by Crippen LogP contribution is -2.24. The van der Waals surface area contributed by atoms with Gasteiger partial charge < -0.3 is 5.32 Å². The van der Waals surface area contributed by atoms with Gasteiger partial charge in [-0.1, -0.05) is 30.3 Å². The number of para-hydroxylation sites is 1. The molecule has 0 heterocycles. The third-order valence-corrected chi connectivity index (χ3v) is 5.95. The topological polar surface area (TPSA) is 121 Å². The Hall–Kier alpha value is -2.43. The van der Waals surface area contributed by atoms with Crippen molar-refractivity contribution in [3.05, 3.63) is 59.7 Å². The van der Waals surface area contributed by atoms with E-state index in [2.05, 4.69) is 14.8 Å². The van der Waals surface area contributed by atoms with Gasteiger partial charge in [0, 0.05) is 13.0 Å². The Morgan fingerprint density at radius 2 is 1.61 bits per heavy atom. The normalized spacial score (nSPS) is 11.8.